The van der Waals surface area contributed by atoms with E-state index in [9.17, 15) is 0 Å². The number of rotatable bonds is 2. The van der Waals surface area contributed by atoms with Crippen LogP contribution in [-0.2, 0) is 5.88 Å². The first-order valence-corrected chi connectivity index (χ1v) is 5.84. The number of hydrogen-bond acceptors (Lipinski definition) is 2. The minimum atomic E-state index is 0.305. The van der Waals surface area contributed by atoms with Crippen molar-refractivity contribution in [1.29, 1.82) is 0 Å². The van der Waals surface area contributed by atoms with Gasteiger partial charge in [-0.1, -0.05) is 17.7 Å². The SMILES string of the molecule is ClCc1nncn1-c1cccc(Cl)c1Br. The zero-order valence-electron chi connectivity index (χ0n) is 7.49. The van der Waals surface area contributed by atoms with Crippen LogP contribution < -0.4 is 0 Å². The molecule has 3 nitrogen and oxygen atoms in total. The van der Waals surface area contributed by atoms with Crippen LogP contribution in [0.5, 0.6) is 0 Å². The quantitative estimate of drug-likeness (QED) is 0.796. The van der Waals surface area contributed by atoms with Gasteiger partial charge in [-0.2, -0.15) is 0 Å². The molecule has 1 aromatic carbocycles. The summed E-state index contributed by atoms with van der Waals surface area (Å²) in [5.74, 6) is 0.985. The molecular formula is C9H6BrCl2N3. The maximum absolute atomic E-state index is 5.99. The molecule has 0 saturated carbocycles. The van der Waals surface area contributed by atoms with Crippen LogP contribution in [0.25, 0.3) is 5.69 Å². The smallest absolute Gasteiger partial charge is 0.152 e. The van der Waals surface area contributed by atoms with Gasteiger partial charge in [0.15, 0.2) is 5.82 Å². The van der Waals surface area contributed by atoms with Gasteiger partial charge >= 0.3 is 0 Å². The Labute approximate surface area is 105 Å². The summed E-state index contributed by atoms with van der Waals surface area (Å²) >= 11 is 15.1. The van der Waals surface area contributed by atoms with Crippen molar-refractivity contribution in [2.24, 2.45) is 0 Å². The van der Waals surface area contributed by atoms with E-state index >= 15 is 0 Å². The summed E-state index contributed by atoms with van der Waals surface area (Å²) in [6, 6.07) is 5.58. The van der Waals surface area contributed by atoms with Crippen molar-refractivity contribution >= 4 is 39.1 Å². The van der Waals surface area contributed by atoms with E-state index < -0.39 is 0 Å². The first-order valence-electron chi connectivity index (χ1n) is 4.13. The highest BCUT2D eigenvalue weighted by Crippen LogP contribution is 2.29. The average molecular weight is 307 g/mol. The summed E-state index contributed by atoms with van der Waals surface area (Å²) in [4.78, 5) is 0. The van der Waals surface area contributed by atoms with Gasteiger partial charge in [0.1, 0.15) is 6.33 Å². The second kappa shape index (κ2) is 4.51. The predicted octanol–water partition coefficient (Wildman–Crippen LogP) is 3.42. The minimum absolute atomic E-state index is 0.305. The van der Waals surface area contributed by atoms with Gasteiger partial charge in [0.25, 0.3) is 0 Å². The van der Waals surface area contributed by atoms with Crippen molar-refractivity contribution in [2.45, 2.75) is 5.88 Å². The van der Waals surface area contributed by atoms with Gasteiger partial charge in [-0.3, -0.25) is 4.57 Å². The normalized spacial score (nSPS) is 10.6. The van der Waals surface area contributed by atoms with E-state index in [0.29, 0.717) is 16.7 Å². The molecule has 78 valence electrons. The molecule has 0 saturated heterocycles. The van der Waals surface area contributed by atoms with Gasteiger partial charge in [0.05, 0.1) is 21.1 Å². The number of hydrogen-bond donors (Lipinski definition) is 0. The van der Waals surface area contributed by atoms with Crippen LogP contribution >= 0.6 is 39.1 Å². The van der Waals surface area contributed by atoms with Crippen LogP contribution in [0.1, 0.15) is 5.82 Å². The van der Waals surface area contributed by atoms with Crippen LogP contribution in [0.3, 0.4) is 0 Å². The van der Waals surface area contributed by atoms with Gasteiger partial charge in [-0.05, 0) is 28.1 Å². The Morgan fingerprint density at radius 3 is 2.93 bits per heavy atom. The molecule has 0 atom stereocenters. The standard InChI is InChI=1S/C9H6BrCl2N3/c10-9-6(12)2-1-3-7(9)15-5-13-14-8(15)4-11/h1-3,5H,4H2. The maximum Gasteiger partial charge on any atom is 0.152 e. The number of aromatic nitrogens is 3. The molecule has 2 aromatic rings. The van der Waals surface area contributed by atoms with Crippen LogP contribution in [0.15, 0.2) is 29.0 Å². The molecule has 2 rings (SSSR count). The summed E-state index contributed by atoms with van der Waals surface area (Å²) in [5.41, 5.74) is 0.878. The molecule has 0 fully saturated rings. The third kappa shape index (κ3) is 2.02. The second-order valence-corrected chi connectivity index (χ2v) is 4.29. The Morgan fingerprint density at radius 1 is 1.40 bits per heavy atom. The van der Waals surface area contributed by atoms with E-state index in [1.54, 1.807) is 17.0 Å². The minimum Gasteiger partial charge on any atom is -0.283 e. The molecule has 0 aliphatic heterocycles. The van der Waals surface area contributed by atoms with Crippen LogP contribution in [0.4, 0.5) is 0 Å². The first-order chi connectivity index (χ1) is 7.24. The zero-order valence-corrected chi connectivity index (χ0v) is 10.6. The van der Waals surface area contributed by atoms with Crippen molar-refractivity contribution in [1.82, 2.24) is 14.8 Å². The van der Waals surface area contributed by atoms with E-state index in [1.165, 1.54) is 0 Å². The second-order valence-electron chi connectivity index (χ2n) is 2.82. The fourth-order valence-electron chi connectivity index (χ4n) is 1.23. The van der Waals surface area contributed by atoms with Crippen molar-refractivity contribution in [3.05, 3.63) is 39.8 Å². The van der Waals surface area contributed by atoms with Crippen molar-refractivity contribution in [3.8, 4) is 5.69 Å². The molecule has 15 heavy (non-hydrogen) atoms. The third-order valence-corrected chi connectivity index (χ3v) is 3.54. The number of halogens is 3. The van der Waals surface area contributed by atoms with Crippen LogP contribution in [0, 0.1) is 0 Å². The van der Waals surface area contributed by atoms with Crippen LogP contribution in [-0.4, -0.2) is 14.8 Å². The summed E-state index contributed by atoms with van der Waals surface area (Å²) in [7, 11) is 0. The number of nitrogens with zero attached hydrogens (tertiary/aromatic N) is 3. The Kier molecular flexibility index (Phi) is 3.29. The Balaban J connectivity index is 2.59. The first kappa shape index (κ1) is 10.9. The lowest BCUT2D eigenvalue weighted by Gasteiger charge is -2.07. The summed E-state index contributed by atoms with van der Waals surface area (Å²) < 4.78 is 2.60. The highest BCUT2D eigenvalue weighted by molar-refractivity contribution is 9.10. The van der Waals surface area contributed by atoms with Crippen molar-refractivity contribution in [3.63, 3.8) is 0 Å². The molecule has 0 aliphatic carbocycles. The Bertz CT molecular complexity index is 484. The lowest BCUT2D eigenvalue weighted by Crippen LogP contribution is -1.99. The molecule has 0 unspecified atom stereocenters. The van der Waals surface area contributed by atoms with E-state index in [4.69, 9.17) is 23.2 Å². The molecule has 0 aliphatic rings. The lowest BCUT2D eigenvalue weighted by atomic mass is 10.3. The average Bonchev–Trinajstić information content (AvgIpc) is 2.70. The highest BCUT2D eigenvalue weighted by Gasteiger charge is 2.09. The monoisotopic (exact) mass is 305 g/mol. The van der Waals surface area contributed by atoms with Gasteiger partial charge in [-0.25, -0.2) is 0 Å². The molecular weight excluding hydrogens is 301 g/mol. The van der Waals surface area contributed by atoms with Gasteiger partial charge in [0, 0.05) is 0 Å². The maximum atomic E-state index is 5.99. The molecule has 0 spiro atoms. The fraction of sp³-hybridized carbons (Fsp3) is 0.111. The number of benzene rings is 1. The van der Waals surface area contributed by atoms with Crippen molar-refractivity contribution < 1.29 is 0 Å². The highest BCUT2D eigenvalue weighted by atomic mass is 79.9. The predicted molar refractivity (Wildman–Crippen MR) is 63.6 cm³/mol. The van der Waals surface area contributed by atoms with Gasteiger partial charge < -0.3 is 0 Å². The van der Waals surface area contributed by atoms with Gasteiger partial charge in [-0.15, -0.1) is 21.8 Å². The largest absolute Gasteiger partial charge is 0.283 e. The molecule has 6 heteroatoms. The Hall–Kier alpha value is -0.580. The number of alkyl halides is 1. The molecule has 0 radical (unpaired) electrons. The van der Waals surface area contributed by atoms with E-state index in [-0.39, 0.29) is 0 Å². The van der Waals surface area contributed by atoms with E-state index in [0.717, 1.165) is 10.2 Å². The summed E-state index contributed by atoms with van der Waals surface area (Å²) in [6.45, 7) is 0. The third-order valence-electron chi connectivity index (χ3n) is 1.93. The van der Waals surface area contributed by atoms with Crippen LogP contribution in [0.2, 0.25) is 5.02 Å². The van der Waals surface area contributed by atoms with Crippen molar-refractivity contribution in [2.75, 3.05) is 0 Å². The summed E-state index contributed by atoms with van der Waals surface area (Å²) in [5, 5.41) is 8.34. The topological polar surface area (TPSA) is 30.7 Å². The Morgan fingerprint density at radius 2 is 2.20 bits per heavy atom. The summed E-state index contributed by atoms with van der Waals surface area (Å²) in [6.07, 6.45) is 1.61. The molecule has 1 aromatic heterocycles. The molecule has 0 amide bonds. The molecule has 0 bridgehead atoms. The van der Waals surface area contributed by atoms with Gasteiger partial charge in [0.2, 0.25) is 0 Å². The lowest BCUT2D eigenvalue weighted by molar-refractivity contribution is 0.947. The van der Waals surface area contributed by atoms with E-state index in [2.05, 4.69) is 26.1 Å². The molecule has 0 N–H and O–H groups in total. The van der Waals surface area contributed by atoms with E-state index in [1.807, 2.05) is 12.1 Å². The molecule has 1 heterocycles. The zero-order chi connectivity index (χ0) is 10.8. The fourth-order valence-corrected chi connectivity index (χ4v) is 2.04.